The second kappa shape index (κ2) is 7.78. The normalized spacial score (nSPS) is 11.3. The van der Waals surface area contributed by atoms with Gasteiger partial charge in [-0.15, -0.1) is 0 Å². The second-order valence-corrected chi connectivity index (χ2v) is 4.24. The SMILES string of the molecule is C=C(NNc1ccc(F)nc1F)C(/C=C\C=O)=C/N(C)C. The van der Waals surface area contributed by atoms with Crippen LogP contribution in [0.25, 0.3) is 0 Å². The fourth-order valence-electron chi connectivity index (χ4n) is 1.36. The molecule has 0 unspecified atom stereocenters. The van der Waals surface area contributed by atoms with Crippen LogP contribution in [0, 0.1) is 11.9 Å². The number of aldehydes is 1. The van der Waals surface area contributed by atoms with Gasteiger partial charge in [-0.2, -0.15) is 13.8 Å². The topological polar surface area (TPSA) is 57.3 Å². The molecule has 0 aliphatic carbocycles. The molecule has 1 rings (SSSR count). The van der Waals surface area contributed by atoms with E-state index >= 15 is 0 Å². The highest BCUT2D eigenvalue weighted by molar-refractivity contribution is 5.66. The minimum Gasteiger partial charge on any atom is -0.383 e. The van der Waals surface area contributed by atoms with Crippen molar-refractivity contribution in [1.29, 1.82) is 0 Å². The molecular formula is C14H16F2N4O. The summed E-state index contributed by atoms with van der Waals surface area (Å²) in [6.07, 6.45) is 5.20. The summed E-state index contributed by atoms with van der Waals surface area (Å²) in [4.78, 5) is 15.2. The first-order valence-corrected chi connectivity index (χ1v) is 5.97. The van der Waals surface area contributed by atoms with Gasteiger partial charge in [0.1, 0.15) is 12.0 Å². The number of pyridine rings is 1. The van der Waals surface area contributed by atoms with Gasteiger partial charge in [0.25, 0.3) is 0 Å². The van der Waals surface area contributed by atoms with Gasteiger partial charge in [0.2, 0.25) is 11.9 Å². The molecule has 1 aromatic rings. The van der Waals surface area contributed by atoms with Crippen molar-refractivity contribution in [1.82, 2.24) is 15.3 Å². The molecule has 0 atom stereocenters. The van der Waals surface area contributed by atoms with Crippen molar-refractivity contribution >= 4 is 12.0 Å². The van der Waals surface area contributed by atoms with Gasteiger partial charge < -0.3 is 10.3 Å². The molecule has 21 heavy (non-hydrogen) atoms. The van der Waals surface area contributed by atoms with Crippen LogP contribution in [0.2, 0.25) is 0 Å². The minimum atomic E-state index is -0.975. The van der Waals surface area contributed by atoms with E-state index in [1.807, 2.05) is 0 Å². The summed E-state index contributed by atoms with van der Waals surface area (Å²) in [5.41, 5.74) is 6.17. The molecule has 0 bridgehead atoms. The number of carbonyl (C=O) groups excluding carboxylic acids is 1. The number of allylic oxidation sites excluding steroid dienone is 2. The van der Waals surface area contributed by atoms with E-state index in [9.17, 15) is 13.6 Å². The molecule has 0 saturated heterocycles. The first-order chi connectivity index (χ1) is 9.93. The van der Waals surface area contributed by atoms with Gasteiger partial charge in [-0.1, -0.05) is 6.58 Å². The Labute approximate surface area is 121 Å². The Morgan fingerprint density at radius 1 is 1.38 bits per heavy atom. The first kappa shape index (κ1) is 16.4. The van der Waals surface area contributed by atoms with Crippen LogP contribution < -0.4 is 10.9 Å². The summed E-state index contributed by atoms with van der Waals surface area (Å²) in [5.74, 6) is -1.88. The number of anilines is 1. The van der Waals surface area contributed by atoms with E-state index in [0.29, 0.717) is 17.6 Å². The molecule has 0 aliphatic rings. The molecule has 112 valence electrons. The van der Waals surface area contributed by atoms with E-state index in [-0.39, 0.29) is 5.69 Å². The number of hydrogen-bond acceptors (Lipinski definition) is 5. The van der Waals surface area contributed by atoms with Crippen molar-refractivity contribution < 1.29 is 13.6 Å². The monoisotopic (exact) mass is 294 g/mol. The number of rotatable bonds is 7. The minimum absolute atomic E-state index is 0.0267. The van der Waals surface area contributed by atoms with Gasteiger partial charge in [-0.25, -0.2) is 0 Å². The zero-order valence-corrected chi connectivity index (χ0v) is 11.7. The van der Waals surface area contributed by atoms with Crippen molar-refractivity contribution in [3.8, 4) is 0 Å². The van der Waals surface area contributed by atoms with Gasteiger partial charge in [0.15, 0.2) is 0 Å². The lowest BCUT2D eigenvalue weighted by Crippen LogP contribution is -2.23. The molecule has 0 aromatic carbocycles. The first-order valence-electron chi connectivity index (χ1n) is 5.97. The highest BCUT2D eigenvalue weighted by Crippen LogP contribution is 2.12. The zero-order chi connectivity index (χ0) is 15.8. The van der Waals surface area contributed by atoms with Crippen LogP contribution in [0.5, 0.6) is 0 Å². The van der Waals surface area contributed by atoms with Crippen LogP contribution in [-0.2, 0) is 4.79 Å². The summed E-state index contributed by atoms with van der Waals surface area (Å²) in [6.45, 7) is 3.77. The maximum Gasteiger partial charge on any atom is 0.240 e. The molecule has 0 aliphatic heterocycles. The van der Waals surface area contributed by atoms with Crippen LogP contribution in [0.4, 0.5) is 14.5 Å². The lowest BCUT2D eigenvalue weighted by Gasteiger charge is -2.15. The lowest BCUT2D eigenvalue weighted by atomic mass is 10.2. The van der Waals surface area contributed by atoms with Gasteiger partial charge in [-0.05, 0) is 24.3 Å². The van der Waals surface area contributed by atoms with E-state index in [4.69, 9.17) is 0 Å². The van der Waals surface area contributed by atoms with Crippen molar-refractivity contribution in [2.45, 2.75) is 0 Å². The average molecular weight is 294 g/mol. The Morgan fingerprint density at radius 3 is 2.67 bits per heavy atom. The quantitative estimate of drug-likeness (QED) is 0.265. The largest absolute Gasteiger partial charge is 0.383 e. The maximum atomic E-state index is 13.3. The summed E-state index contributed by atoms with van der Waals surface area (Å²) < 4.78 is 26.0. The Balaban J connectivity index is 2.78. The van der Waals surface area contributed by atoms with E-state index < -0.39 is 11.9 Å². The molecule has 0 spiro atoms. The van der Waals surface area contributed by atoms with Crippen LogP contribution in [0.3, 0.4) is 0 Å². The summed E-state index contributed by atoms with van der Waals surface area (Å²) in [6, 6.07) is 2.23. The molecule has 0 saturated carbocycles. The van der Waals surface area contributed by atoms with Crippen LogP contribution in [0.15, 0.2) is 48.3 Å². The standard InChI is InChI=1S/C14H16F2N4O/c1-10(11(5-4-8-21)9-20(2)3)18-19-12-6-7-13(15)17-14(12)16/h4-9,18-19H,1H2,2-3H3/b5-4-,11-9+. The molecule has 0 fully saturated rings. The number of hydrazine groups is 1. The van der Waals surface area contributed by atoms with Crippen molar-refractivity contribution in [2.24, 2.45) is 0 Å². The van der Waals surface area contributed by atoms with Crippen LogP contribution in [0.1, 0.15) is 0 Å². The maximum absolute atomic E-state index is 13.3. The highest BCUT2D eigenvalue weighted by atomic mass is 19.1. The van der Waals surface area contributed by atoms with Gasteiger partial charge in [0, 0.05) is 25.9 Å². The Bertz CT molecular complexity index is 582. The second-order valence-electron chi connectivity index (χ2n) is 4.24. The van der Waals surface area contributed by atoms with E-state index in [1.54, 1.807) is 31.3 Å². The Kier molecular flexibility index (Phi) is 6.06. The molecule has 7 heteroatoms. The smallest absolute Gasteiger partial charge is 0.240 e. The summed E-state index contributed by atoms with van der Waals surface area (Å²) >= 11 is 0. The fourth-order valence-corrected chi connectivity index (χ4v) is 1.36. The molecule has 0 amide bonds. The van der Waals surface area contributed by atoms with Crippen LogP contribution >= 0.6 is 0 Å². The number of carbonyl (C=O) groups is 1. The fraction of sp³-hybridized carbons (Fsp3) is 0.143. The number of aromatic nitrogens is 1. The number of nitrogens with zero attached hydrogens (tertiary/aromatic N) is 2. The summed E-state index contributed by atoms with van der Waals surface area (Å²) in [5, 5.41) is 0. The van der Waals surface area contributed by atoms with E-state index in [0.717, 1.165) is 6.07 Å². The number of hydrogen-bond donors (Lipinski definition) is 2. The van der Waals surface area contributed by atoms with Gasteiger partial charge in [-0.3, -0.25) is 10.2 Å². The zero-order valence-electron chi connectivity index (χ0n) is 11.7. The van der Waals surface area contributed by atoms with Crippen LogP contribution in [-0.4, -0.2) is 30.3 Å². The molecule has 5 nitrogen and oxygen atoms in total. The number of nitrogens with one attached hydrogen (secondary N) is 2. The van der Waals surface area contributed by atoms with Crippen molar-refractivity contribution in [3.05, 3.63) is 60.2 Å². The molecule has 2 N–H and O–H groups in total. The Morgan fingerprint density at radius 2 is 2.10 bits per heavy atom. The third-order valence-electron chi connectivity index (χ3n) is 2.26. The molecule has 1 heterocycles. The molecular weight excluding hydrogens is 278 g/mol. The van der Waals surface area contributed by atoms with Gasteiger partial charge >= 0.3 is 0 Å². The lowest BCUT2D eigenvalue weighted by molar-refractivity contribution is -0.104. The summed E-state index contributed by atoms with van der Waals surface area (Å²) in [7, 11) is 3.61. The predicted octanol–water partition coefficient (Wildman–Crippen LogP) is 1.99. The van der Waals surface area contributed by atoms with Crippen molar-refractivity contribution in [2.75, 3.05) is 19.5 Å². The van der Waals surface area contributed by atoms with Crippen molar-refractivity contribution in [3.63, 3.8) is 0 Å². The van der Waals surface area contributed by atoms with Gasteiger partial charge in [0.05, 0.1) is 5.70 Å². The third-order valence-corrected chi connectivity index (χ3v) is 2.26. The predicted molar refractivity (Wildman–Crippen MR) is 77.0 cm³/mol. The number of halogens is 2. The Hall–Kier alpha value is -2.70. The van der Waals surface area contributed by atoms with E-state index in [2.05, 4.69) is 22.4 Å². The average Bonchev–Trinajstić information content (AvgIpc) is 2.41. The highest BCUT2D eigenvalue weighted by Gasteiger charge is 2.06. The third kappa shape index (κ3) is 5.43. The van der Waals surface area contributed by atoms with E-state index in [1.165, 1.54) is 12.1 Å². The molecule has 1 aromatic heterocycles. The molecule has 0 radical (unpaired) electrons.